The zero-order valence-corrected chi connectivity index (χ0v) is 31.6. The van der Waals surface area contributed by atoms with Gasteiger partial charge in [0.25, 0.3) is 5.91 Å². The van der Waals surface area contributed by atoms with Gasteiger partial charge in [0.2, 0.25) is 0 Å². The van der Waals surface area contributed by atoms with Crippen LogP contribution < -0.4 is 9.64 Å². The summed E-state index contributed by atoms with van der Waals surface area (Å²) >= 11 is 13.5. The summed E-state index contributed by atoms with van der Waals surface area (Å²) in [5.41, 5.74) is 10.6. The van der Waals surface area contributed by atoms with Crippen molar-refractivity contribution in [3.05, 3.63) is 97.5 Å². The number of anilines is 1. The molecule has 0 spiro atoms. The van der Waals surface area contributed by atoms with E-state index in [0.717, 1.165) is 77.3 Å². The zero-order chi connectivity index (χ0) is 36.6. The molecule has 51 heavy (non-hydrogen) atoms. The van der Waals surface area contributed by atoms with Crippen LogP contribution in [0.1, 0.15) is 73.9 Å². The number of carboxylic acids is 1. The van der Waals surface area contributed by atoms with Crippen LogP contribution in [0.5, 0.6) is 5.75 Å². The minimum atomic E-state index is -1.01. The van der Waals surface area contributed by atoms with Gasteiger partial charge in [-0.3, -0.25) is 9.48 Å². The van der Waals surface area contributed by atoms with Gasteiger partial charge in [-0.25, -0.2) is 4.79 Å². The zero-order valence-electron chi connectivity index (χ0n) is 30.1. The predicted octanol–water partition coefficient (Wildman–Crippen LogP) is 9.31. The first-order valence-corrected chi connectivity index (χ1v) is 17.8. The van der Waals surface area contributed by atoms with Crippen LogP contribution in [-0.4, -0.2) is 49.0 Å². The number of halogens is 2. The Morgan fingerprint density at radius 2 is 1.67 bits per heavy atom. The number of benzene rings is 3. The molecule has 0 saturated heterocycles. The lowest BCUT2D eigenvalue weighted by Crippen LogP contribution is -2.42. The van der Waals surface area contributed by atoms with Gasteiger partial charge < -0.3 is 23.9 Å². The third-order valence-electron chi connectivity index (χ3n) is 10.3. The summed E-state index contributed by atoms with van der Waals surface area (Å²) in [5.74, 6) is -0.388. The van der Waals surface area contributed by atoms with Crippen LogP contribution in [0, 0.1) is 34.6 Å². The first-order valence-electron chi connectivity index (χ1n) is 17.1. The summed E-state index contributed by atoms with van der Waals surface area (Å²) in [6.45, 7) is 12.8. The molecule has 0 radical (unpaired) electrons. The van der Waals surface area contributed by atoms with Crippen LogP contribution in [0.25, 0.3) is 32.9 Å². The lowest BCUT2D eigenvalue weighted by atomic mass is 9.98. The van der Waals surface area contributed by atoms with Gasteiger partial charge in [0.15, 0.2) is 0 Å². The molecule has 9 nitrogen and oxygen atoms in total. The molecule has 6 aromatic rings. The van der Waals surface area contributed by atoms with Crippen molar-refractivity contribution in [1.29, 1.82) is 0 Å². The Morgan fingerprint density at radius 3 is 2.31 bits per heavy atom. The highest BCUT2D eigenvalue weighted by molar-refractivity contribution is 6.35. The van der Waals surface area contributed by atoms with Crippen molar-refractivity contribution in [3.63, 3.8) is 0 Å². The Labute approximate surface area is 306 Å². The molecule has 7 rings (SSSR count). The van der Waals surface area contributed by atoms with Gasteiger partial charge in [0.05, 0.1) is 39.6 Å². The molecule has 3 aromatic carbocycles. The standard InChI is InChI=1S/C40H41Cl2N5O4/c1-20-15-27(16-21(2)35(20)42)51-13-9-10-28-29-11-12-31(41)34(33-24(5)43-45(8)25(33)6)37(29)47-23(4)18-46(39(48)38(28)47)32-19-44(7)36-22(3)14-26(40(49)50)17-30(32)36/h11-12,14-17,19,23H,9-10,13,18H2,1-8H3,(H,49,50)/t23-/m1/s1. The average molecular weight is 727 g/mol. The second kappa shape index (κ2) is 12.8. The fraction of sp³-hybridized carbons (Fsp3) is 0.325. The lowest BCUT2D eigenvalue weighted by Gasteiger charge is -2.34. The Balaban J connectivity index is 1.39. The molecule has 4 heterocycles. The molecule has 264 valence electrons. The van der Waals surface area contributed by atoms with Crippen LogP contribution in [0.15, 0.2) is 42.6 Å². The van der Waals surface area contributed by atoms with Crippen LogP contribution in [0.2, 0.25) is 10.0 Å². The van der Waals surface area contributed by atoms with Gasteiger partial charge in [0, 0.05) is 65.5 Å². The summed E-state index contributed by atoms with van der Waals surface area (Å²) in [7, 11) is 3.85. The number of aryl methyl sites for hydroxylation is 7. The topological polar surface area (TPSA) is 94.5 Å². The van der Waals surface area contributed by atoms with Crippen LogP contribution >= 0.6 is 23.2 Å². The van der Waals surface area contributed by atoms with Crippen molar-refractivity contribution in [1.82, 2.24) is 18.9 Å². The number of amides is 1. The van der Waals surface area contributed by atoms with E-state index in [9.17, 15) is 9.90 Å². The molecule has 0 unspecified atom stereocenters. The normalized spacial score (nSPS) is 14.6. The molecule has 0 aliphatic carbocycles. The maximum atomic E-state index is 15.0. The minimum Gasteiger partial charge on any atom is -0.494 e. The Bertz CT molecular complexity index is 2410. The maximum absolute atomic E-state index is 15.0. The first-order chi connectivity index (χ1) is 24.2. The lowest BCUT2D eigenvalue weighted by molar-refractivity contribution is 0.0696. The van der Waals surface area contributed by atoms with E-state index in [4.69, 9.17) is 33.0 Å². The number of carbonyl (C=O) groups excluding carboxylic acids is 1. The number of hydrogen-bond donors (Lipinski definition) is 1. The molecule has 3 aromatic heterocycles. The predicted molar refractivity (Wildman–Crippen MR) is 204 cm³/mol. The molecule has 1 aliphatic rings. The largest absolute Gasteiger partial charge is 0.494 e. The third kappa shape index (κ3) is 5.58. The van der Waals surface area contributed by atoms with Crippen molar-refractivity contribution in [3.8, 4) is 16.9 Å². The van der Waals surface area contributed by atoms with E-state index < -0.39 is 5.97 Å². The third-order valence-corrected chi connectivity index (χ3v) is 11.3. The van der Waals surface area contributed by atoms with Gasteiger partial charge in [-0.05, 0) is 107 Å². The van der Waals surface area contributed by atoms with Crippen LogP contribution in [-0.2, 0) is 20.5 Å². The quantitative estimate of drug-likeness (QED) is 0.158. The molecular formula is C40H41Cl2N5O4. The van der Waals surface area contributed by atoms with Gasteiger partial charge >= 0.3 is 5.97 Å². The summed E-state index contributed by atoms with van der Waals surface area (Å²) in [6.07, 6.45) is 3.17. The van der Waals surface area contributed by atoms with Crippen molar-refractivity contribution in [2.75, 3.05) is 18.1 Å². The van der Waals surface area contributed by atoms with Gasteiger partial charge in [0.1, 0.15) is 11.4 Å². The first kappa shape index (κ1) is 34.7. The summed E-state index contributed by atoms with van der Waals surface area (Å²) in [5, 5.41) is 17.6. The Hall–Kier alpha value is -4.73. The molecule has 1 atom stereocenters. The van der Waals surface area contributed by atoms with Gasteiger partial charge in [-0.1, -0.05) is 29.3 Å². The highest BCUT2D eigenvalue weighted by Crippen LogP contribution is 2.46. The number of nitrogens with zero attached hydrogens (tertiary/aromatic N) is 5. The van der Waals surface area contributed by atoms with Crippen molar-refractivity contribution in [2.24, 2.45) is 14.1 Å². The monoisotopic (exact) mass is 725 g/mol. The molecule has 1 amide bonds. The smallest absolute Gasteiger partial charge is 0.335 e. The van der Waals surface area contributed by atoms with Gasteiger partial charge in [-0.2, -0.15) is 5.10 Å². The van der Waals surface area contributed by atoms with E-state index in [1.54, 1.807) is 12.1 Å². The molecule has 0 fully saturated rings. The van der Waals surface area contributed by atoms with E-state index >= 15 is 4.79 Å². The fourth-order valence-corrected chi connectivity index (χ4v) is 8.39. The number of carbonyl (C=O) groups is 2. The number of fused-ring (bicyclic) bond motifs is 4. The van der Waals surface area contributed by atoms with Crippen LogP contribution in [0.4, 0.5) is 5.69 Å². The van der Waals surface area contributed by atoms with Crippen molar-refractivity contribution >= 4 is 62.6 Å². The SMILES string of the molecule is Cc1cc(OCCCc2c3n(c4c(-c5c(C)nn(C)c5C)c(Cl)ccc24)[C@H](C)CN(c2cn(C)c4c(C)cc(C(=O)O)cc24)C3=O)cc(C)c1Cl. The fourth-order valence-electron chi connectivity index (χ4n) is 8.04. The number of aromatic nitrogens is 4. The van der Waals surface area contributed by atoms with E-state index in [-0.39, 0.29) is 17.5 Å². The summed E-state index contributed by atoms with van der Waals surface area (Å²) in [6, 6.07) is 11.0. The Kier molecular flexibility index (Phi) is 8.71. The molecule has 1 aliphatic heterocycles. The number of aromatic carboxylic acids is 1. The summed E-state index contributed by atoms with van der Waals surface area (Å²) < 4.78 is 12.2. The van der Waals surface area contributed by atoms with E-state index in [2.05, 4.69) is 11.5 Å². The van der Waals surface area contributed by atoms with E-state index in [1.807, 2.05) is 93.3 Å². The molecular weight excluding hydrogens is 685 g/mol. The van der Waals surface area contributed by atoms with Crippen LogP contribution in [0.3, 0.4) is 0 Å². The highest BCUT2D eigenvalue weighted by atomic mass is 35.5. The minimum absolute atomic E-state index is 0.140. The van der Waals surface area contributed by atoms with E-state index in [1.165, 1.54) is 0 Å². The average Bonchev–Trinajstić information content (AvgIpc) is 3.68. The highest BCUT2D eigenvalue weighted by Gasteiger charge is 2.38. The molecule has 0 bridgehead atoms. The number of ether oxygens (including phenoxy) is 1. The second-order valence-electron chi connectivity index (χ2n) is 13.9. The van der Waals surface area contributed by atoms with Crippen molar-refractivity contribution in [2.45, 2.75) is 60.4 Å². The van der Waals surface area contributed by atoms with Crippen molar-refractivity contribution < 1.29 is 19.4 Å². The Morgan fingerprint density at radius 1 is 0.961 bits per heavy atom. The molecule has 11 heteroatoms. The second-order valence-corrected chi connectivity index (χ2v) is 14.7. The maximum Gasteiger partial charge on any atom is 0.335 e. The van der Waals surface area contributed by atoms with Gasteiger partial charge in [-0.15, -0.1) is 0 Å². The number of hydrogen-bond acceptors (Lipinski definition) is 4. The van der Waals surface area contributed by atoms with E-state index in [0.29, 0.717) is 42.4 Å². The number of rotatable bonds is 8. The molecule has 0 saturated carbocycles. The number of carboxylic acid groups (broad SMARTS) is 1. The molecule has 1 N–H and O–H groups in total. The summed E-state index contributed by atoms with van der Waals surface area (Å²) in [4.78, 5) is 28.9.